The van der Waals surface area contributed by atoms with Crippen LogP contribution in [0.3, 0.4) is 0 Å². The van der Waals surface area contributed by atoms with Gasteiger partial charge in [-0.25, -0.2) is 0 Å². The SMILES string of the molecule is CCCCCCC(CCCC)(Oc1ccccc1)Oc1ccccc1. The van der Waals surface area contributed by atoms with E-state index in [0.29, 0.717) is 0 Å². The number of rotatable bonds is 12. The van der Waals surface area contributed by atoms with Crippen LogP contribution in [-0.2, 0) is 0 Å². The topological polar surface area (TPSA) is 18.5 Å². The molecule has 2 rings (SSSR count). The van der Waals surface area contributed by atoms with E-state index in [1.807, 2.05) is 60.7 Å². The molecule has 0 saturated heterocycles. The first-order valence-corrected chi connectivity index (χ1v) is 9.76. The van der Waals surface area contributed by atoms with Crippen molar-refractivity contribution in [2.45, 2.75) is 71.0 Å². The first-order valence-electron chi connectivity index (χ1n) is 9.76. The Hall–Kier alpha value is -1.96. The normalized spacial score (nSPS) is 11.3. The van der Waals surface area contributed by atoms with Gasteiger partial charge in [0.15, 0.2) is 0 Å². The molecule has 0 unspecified atom stereocenters. The summed E-state index contributed by atoms with van der Waals surface area (Å²) in [6.45, 7) is 4.46. The molecule has 0 radical (unpaired) electrons. The monoisotopic (exact) mass is 340 g/mol. The van der Waals surface area contributed by atoms with Gasteiger partial charge < -0.3 is 9.47 Å². The van der Waals surface area contributed by atoms with Gasteiger partial charge in [-0.15, -0.1) is 0 Å². The van der Waals surface area contributed by atoms with Crippen molar-refractivity contribution in [3.8, 4) is 11.5 Å². The van der Waals surface area contributed by atoms with Gasteiger partial charge in [0, 0.05) is 12.8 Å². The third-order valence-corrected chi connectivity index (χ3v) is 4.42. The Kier molecular flexibility index (Phi) is 8.38. The average Bonchev–Trinajstić information content (AvgIpc) is 2.65. The van der Waals surface area contributed by atoms with E-state index in [2.05, 4.69) is 13.8 Å². The van der Waals surface area contributed by atoms with Crippen molar-refractivity contribution in [2.75, 3.05) is 0 Å². The predicted octanol–water partition coefficient (Wildman–Crippen LogP) is 7.00. The van der Waals surface area contributed by atoms with Crippen LogP contribution in [0.25, 0.3) is 0 Å². The Balaban J connectivity index is 2.19. The van der Waals surface area contributed by atoms with Crippen LogP contribution in [0.5, 0.6) is 11.5 Å². The minimum absolute atomic E-state index is 0.591. The van der Waals surface area contributed by atoms with E-state index < -0.39 is 5.79 Å². The molecule has 0 saturated carbocycles. The zero-order valence-corrected chi connectivity index (χ0v) is 15.7. The molecule has 0 amide bonds. The Bertz CT molecular complexity index is 524. The number of hydrogen-bond acceptors (Lipinski definition) is 2. The van der Waals surface area contributed by atoms with Crippen LogP contribution in [0.15, 0.2) is 60.7 Å². The highest BCUT2D eigenvalue weighted by atomic mass is 16.7. The van der Waals surface area contributed by atoms with Crippen molar-refractivity contribution >= 4 is 0 Å². The van der Waals surface area contributed by atoms with E-state index in [-0.39, 0.29) is 0 Å². The summed E-state index contributed by atoms with van der Waals surface area (Å²) in [5, 5.41) is 0. The Labute approximate surface area is 153 Å². The summed E-state index contributed by atoms with van der Waals surface area (Å²) in [5.41, 5.74) is 0. The van der Waals surface area contributed by atoms with E-state index >= 15 is 0 Å². The smallest absolute Gasteiger partial charge is 0.251 e. The fourth-order valence-electron chi connectivity index (χ4n) is 3.02. The number of para-hydroxylation sites is 2. The van der Waals surface area contributed by atoms with Gasteiger partial charge in [-0.2, -0.15) is 0 Å². The summed E-state index contributed by atoms with van der Waals surface area (Å²) in [7, 11) is 0. The van der Waals surface area contributed by atoms with E-state index in [9.17, 15) is 0 Å². The van der Waals surface area contributed by atoms with E-state index in [1.54, 1.807) is 0 Å². The molecule has 0 N–H and O–H groups in total. The molecule has 2 aromatic carbocycles. The second kappa shape index (κ2) is 10.8. The Morgan fingerprint density at radius 2 is 1.08 bits per heavy atom. The largest absolute Gasteiger partial charge is 0.452 e. The molecule has 2 heteroatoms. The third-order valence-electron chi connectivity index (χ3n) is 4.42. The van der Waals surface area contributed by atoms with E-state index in [4.69, 9.17) is 9.47 Å². The van der Waals surface area contributed by atoms with Gasteiger partial charge in [0.2, 0.25) is 0 Å². The van der Waals surface area contributed by atoms with Gasteiger partial charge in [0.25, 0.3) is 5.79 Å². The lowest BCUT2D eigenvalue weighted by molar-refractivity contribution is -0.127. The summed E-state index contributed by atoms with van der Waals surface area (Å²) in [4.78, 5) is 0. The maximum Gasteiger partial charge on any atom is 0.251 e. The van der Waals surface area contributed by atoms with Gasteiger partial charge in [0.05, 0.1) is 0 Å². The van der Waals surface area contributed by atoms with Crippen molar-refractivity contribution in [2.24, 2.45) is 0 Å². The summed E-state index contributed by atoms with van der Waals surface area (Å²) >= 11 is 0. The second-order valence-corrected chi connectivity index (χ2v) is 6.66. The minimum Gasteiger partial charge on any atom is -0.452 e. The zero-order valence-electron chi connectivity index (χ0n) is 15.7. The second-order valence-electron chi connectivity index (χ2n) is 6.66. The molecule has 0 aliphatic heterocycles. The average molecular weight is 341 g/mol. The molecule has 0 aliphatic rings. The zero-order chi connectivity index (χ0) is 17.8. The molecule has 25 heavy (non-hydrogen) atoms. The predicted molar refractivity (Wildman–Crippen MR) is 105 cm³/mol. The van der Waals surface area contributed by atoms with Gasteiger partial charge in [-0.1, -0.05) is 75.9 Å². The Morgan fingerprint density at radius 1 is 0.600 bits per heavy atom. The number of ether oxygens (including phenoxy) is 2. The van der Waals surface area contributed by atoms with Gasteiger partial charge in [0.1, 0.15) is 11.5 Å². The molecule has 0 aromatic heterocycles. The first-order chi connectivity index (χ1) is 12.3. The van der Waals surface area contributed by atoms with Crippen molar-refractivity contribution in [3.63, 3.8) is 0 Å². The molecule has 0 aliphatic carbocycles. The molecule has 136 valence electrons. The van der Waals surface area contributed by atoms with Crippen molar-refractivity contribution in [1.29, 1.82) is 0 Å². The molecule has 0 heterocycles. The number of benzene rings is 2. The number of unbranched alkanes of at least 4 members (excludes halogenated alkanes) is 4. The summed E-state index contributed by atoms with van der Waals surface area (Å²) < 4.78 is 12.9. The maximum atomic E-state index is 6.47. The van der Waals surface area contributed by atoms with Gasteiger partial charge in [-0.05, 0) is 37.1 Å². The lowest BCUT2D eigenvalue weighted by Gasteiger charge is -2.35. The highest BCUT2D eigenvalue weighted by Crippen LogP contribution is 2.32. The Morgan fingerprint density at radius 3 is 1.56 bits per heavy atom. The summed E-state index contributed by atoms with van der Waals surface area (Å²) in [6, 6.07) is 20.1. The van der Waals surface area contributed by atoms with Gasteiger partial charge >= 0.3 is 0 Å². The van der Waals surface area contributed by atoms with Crippen LogP contribution in [-0.4, -0.2) is 5.79 Å². The summed E-state index contributed by atoms with van der Waals surface area (Å²) in [5.74, 6) is 1.17. The standard InChI is InChI=1S/C23H32O2/c1-3-5-7-14-20-23(19-6-4-2,24-21-15-10-8-11-16-21)25-22-17-12-9-13-18-22/h8-13,15-18H,3-7,14,19-20H2,1-2H3. The fourth-order valence-corrected chi connectivity index (χ4v) is 3.02. The van der Waals surface area contributed by atoms with E-state index in [0.717, 1.165) is 43.6 Å². The molecular formula is C23H32O2. The molecule has 2 nitrogen and oxygen atoms in total. The lowest BCUT2D eigenvalue weighted by Crippen LogP contribution is -2.42. The van der Waals surface area contributed by atoms with Crippen LogP contribution in [0.2, 0.25) is 0 Å². The van der Waals surface area contributed by atoms with Crippen LogP contribution >= 0.6 is 0 Å². The molecule has 0 bridgehead atoms. The minimum atomic E-state index is -0.591. The first kappa shape index (κ1) is 19.4. The molecule has 0 fully saturated rings. The van der Waals surface area contributed by atoms with Crippen LogP contribution in [0.4, 0.5) is 0 Å². The quantitative estimate of drug-likeness (QED) is 0.306. The fraction of sp³-hybridized carbons (Fsp3) is 0.478. The molecule has 0 atom stereocenters. The van der Waals surface area contributed by atoms with Crippen molar-refractivity contribution in [3.05, 3.63) is 60.7 Å². The van der Waals surface area contributed by atoms with Gasteiger partial charge in [-0.3, -0.25) is 0 Å². The lowest BCUT2D eigenvalue weighted by atomic mass is 10.00. The highest BCUT2D eigenvalue weighted by molar-refractivity contribution is 5.24. The van der Waals surface area contributed by atoms with Crippen molar-refractivity contribution in [1.82, 2.24) is 0 Å². The summed E-state index contributed by atoms with van der Waals surface area (Å²) in [6.07, 6.45) is 8.89. The molecule has 0 spiro atoms. The van der Waals surface area contributed by atoms with E-state index in [1.165, 1.54) is 19.3 Å². The third kappa shape index (κ3) is 6.81. The highest BCUT2D eigenvalue weighted by Gasteiger charge is 2.34. The number of hydrogen-bond donors (Lipinski definition) is 0. The van der Waals surface area contributed by atoms with Crippen LogP contribution in [0, 0.1) is 0 Å². The van der Waals surface area contributed by atoms with Crippen LogP contribution in [0.1, 0.15) is 65.2 Å². The van der Waals surface area contributed by atoms with Crippen LogP contribution < -0.4 is 9.47 Å². The maximum absolute atomic E-state index is 6.47. The van der Waals surface area contributed by atoms with Crippen molar-refractivity contribution < 1.29 is 9.47 Å². The molecular weight excluding hydrogens is 308 g/mol. The molecule has 2 aromatic rings.